The van der Waals surface area contributed by atoms with Gasteiger partial charge < -0.3 is 14.8 Å². The van der Waals surface area contributed by atoms with E-state index in [9.17, 15) is 4.39 Å². The average molecular weight is 310 g/mol. The van der Waals surface area contributed by atoms with E-state index in [1.807, 2.05) is 0 Å². The second-order valence-electron chi connectivity index (χ2n) is 5.85. The summed E-state index contributed by atoms with van der Waals surface area (Å²) in [5.41, 5.74) is 0.703. The van der Waals surface area contributed by atoms with E-state index in [0.29, 0.717) is 23.0 Å². The number of rotatable bonds is 6. The highest BCUT2D eigenvalue weighted by Crippen LogP contribution is 2.38. The normalized spacial score (nSPS) is 18.8. The molecule has 0 spiro atoms. The van der Waals surface area contributed by atoms with Crippen LogP contribution in [0.4, 0.5) is 4.39 Å². The average Bonchev–Trinajstić information content (AvgIpc) is 2.56. The minimum Gasteiger partial charge on any atom is -0.493 e. The van der Waals surface area contributed by atoms with E-state index < -0.39 is 0 Å². The Balaban J connectivity index is 2.41. The van der Waals surface area contributed by atoms with Crippen molar-refractivity contribution < 1.29 is 13.9 Å². The largest absolute Gasteiger partial charge is 0.493 e. The molecule has 1 fully saturated rings. The smallest absolute Gasteiger partial charge is 0.163 e. The predicted octanol–water partition coefficient (Wildman–Crippen LogP) is 2.84. The molecule has 1 saturated heterocycles. The van der Waals surface area contributed by atoms with E-state index in [1.54, 1.807) is 13.2 Å². The van der Waals surface area contributed by atoms with Gasteiger partial charge in [-0.15, -0.1) is 0 Å². The molecule has 2 atom stereocenters. The fourth-order valence-corrected chi connectivity index (χ4v) is 3.14. The molecule has 5 heteroatoms. The zero-order valence-corrected chi connectivity index (χ0v) is 14.0. The summed E-state index contributed by atoms with van der Waals surface area (Å²) in [6.45, 7) is 8.09. The first-order chi connectivity index (χ1) is 10.6. The number of hydrogen-bond donors (Lipinski definition) is 1. The van der Waals surface area contributed by atoms with Gasteiger partial charge in [-0.2, -0.15) is 0 Å². The van der Waals surface area contributed by atoms with Gasteiger partial charge in [0.15, 0.2) is 11.5 Å². The van der Waals surface area contributed by atoms with Crippen LogP contribution in [0.1, 0.15) is 31.9 Å². The van der Waals surface area contributed by atoms with Gasteiger partial charge in [-0.25, -0.2) is 4.39 Å². The molecular formula is C17H27FN2O2. The Kier molecular flexibility index (Phi) is 6.03. The molecule has 4 nitrogen and oxygen atoms in total. The number of methoxy groups -OCH3 is 2. The minimum atomic E-state index is -0.221. The van der Waals surface area contributed by atoms with E-state index in [2.05, 4.69) is 24.1 Å². The standard InChI is InChI=1S/C17H27FN2O2/c1-5-12(2)17(20-8-6-19-7-9-20)13-10-15(21-3)16(22-4)11-14(13)18/h10-12,17,19H,5-9H2,1-4H3/t12?,17-/m0/s1. The van der Waals surface area contributed by atoms with Crippen LogP contribution < -0.4 is 14.8 Å². The minimum absolute atomic E-state index is 0.0620. The molecular weight excluding hydrogens is 283 g/mol. The highest BCUT2D eigenvalue weighted by atomic mass is 19.1. The van der Waals surface area contributed by atoms with Crippen molar-refractivity contribution in [2.45, 2.75) is 26.3 Å². The molecule has 1 aromatic rings. The second-order valence-corrected chi connectivity index (χ2v) is 5.85. The number of hydrogen-bond acceptors (Lipinski definition) is 4. The third kappa shape index (κ3) is 3.52. The summed E-state index contributed by atoms with van der Waals surface area (Å²) in [5, 5.41) is 3.35. The van der Waals surface area contributed by atoms with E-state index in [-0.39, 0.29) is 11.9 Å². The molecule has 0 bridgehead atoms. The third-order valence-electron chi connectivity index (χ3n) is 4.55. The van der Waals surface area contributed by atoms with E-state index >= 15 is 0 Å². The maximum atomic E-state index is 14.7. The maximum Gasteiger partial charge on any atom is 0.163 e. The fraction of sp³-hybridized carbons (Fsp3) is 0.647. The molecule has 0 aliphatic carbocycles. The summed E-state index contributed by atoms with van der Waals surface area (Å²) in [7, 11) is 3.11. The first kappa shape index (κ1) is 17.0. The Morgan fingerprint density at radius 1 is 1.18 bits per heavy atom. The first-order valence-electron chi connectivity index (χ1n) is 7.98. The van der Waals surface area contributed by atoms with Gasteiger partial charge in [-0.1, -0.05) is 20.3 Å². The van der Waals surface area contributed by atoms with Crippen LogP contribution in [0.25, 0.3) is 0 Å². The van der Waals surface area contributed by atoms with Crippen molar-refractivity contribution in [3.8, 4) is 11.5 Å². The van der Waals surface area contributed by atoms with Gasteiger partial charge in [-0.3, -0.25) is 4.90 Å². The highest BCUT2D eigenvalue weighted by Gasteiger charge is 2.29. The van der Waals surface area contributed by atoms with Crippen LogP contribution in [0.15, 0.2) is 12.1 Å². The lowest BCUT2D eigenvalue weighted by Gasteiger charge is -2.38. The van der Waals surface area contributed by atoms with E-state index in [1.165, 1.54) is 13.2 Å². The van der Waals surface area contributed by atoms with Gasteiger partial charge in [0.1, 0.15) is 5.82 Å². The lowest BCUT2D eigenvalue weighted by molar-refractivity contribution is 0.125. The summed E-state index contributed by atoms with van der Waals surface area (Å²) in [6, 6.07) is 3.30. The van der Waals surface area contributed by atoms with Crippen molar-refractivity contribution in [2.24, 2.45) is 5.92 Å². The summed E-state index contributed by atoms with van der Waals surface area (Å²) in [6.07, 6.45) is 1.00. The maximum absolute atomic E-state index is 14.7. The molecule has 1 heterocycles. The molecule has 22 heavy (non-hydrogen) atoms. The van der Waals surface area contributed by atoms with Gasteiger partial charge in [-0.05, 0) is 12.0 Å². The molecule has 124 valence electrons. The van der Waals surface area contributed by atoms with Crippen LogP contribution in [0.5, 0.6) is 11.5 Å². The Bertz CT molecular complexity index is 490. The van der Waals surface area contributed by atoms with Crippen molar-refractivity contribution in [1.29, 1.82) is 0 Å². The van der Waals surface area contributed by atoms with Crippen molar-refractivity contribution in [1.82, 2.24) is 10.2 Å². The van der Waals surface area contributed by atoms with E-state index in [4.69, 9.17) is 9.47 Å². The summed E-state index contributed by atoms with van der Waals surface area (Å²) >= 11 is 0. The quantitative estimate of drug-likeness (QED) is 0.876. The van der Waals surface area contributed by atoms with Crippen LogP contribution >= 0.6 is 0 Å². The highest BCUT2D eigenvalue weighted by molar-refractivity contribution is 5.45. The number of benzene rings is 1. The number of nitrogens with zero attached hydrogens (tertiary/aromatic N) is 1. The van der Waals surface area contributed by atoms with Gasteiger partial charge in [0.05, 0.1) is 14.2 Å². The lowest BCUT2D eigenvalue weighted by Crippen LogP contribution is -2.46. The summed E-state index contributed by atoms with van der Waals surface area (Å²) in [4.78, 5) is 2.37. The summed E-state index contributed by atoms with van der Waals surface area (Å²) < 4.78 is 25.2. The van der Waals surface area contributed by atoms with Crippen LogP contribution in [-0.4, -0.2) is 45.3 Å². The predicted molar refractivity (Wildman–Crippen MR) is 86.1 cm³/mol. The monoisotopic (exact) mass is 310 g/mol. The molecule has 1 unspecified atom stereocenters. The van der Waals surface area contributed by atoms with Crippen molar-refractivity contribution in [3.05, 3.63) is 23.5 Å². The molecule has 1 aliphatic rings. The van der Waals surface area contributed by atoms with Crippen LogP contribution in [0.3, 0.4) is 0 Å². The Labute approximate surface area is 132 Å². The first-order valence-corrected chi connectivity index (χ1v) is 7.98. The van der Waals surface area contributed by atoms with Crippen molar-refractivity contribution in [2.75, 3.05) is 40.4 Å². The van der Waals surface area contributed by atoms with Crippen molar-refractivity contribution in [3.63, 3.8) is 0 Å². The van der Waals surface area contributed by atoms with Crippen LogP contribution in [0.2, 0.25) is 0 Å². The van der Waals surface area contributed by atoms with Gasteiger partial charge in [0.2, 0.25) is 0 Å². The second kappa shape index (κ2) is 7.79. The summed E-state index contributed by atoms with van der Waals surface area (Å²) in [5.74, 6) is 1.17. The Hall–Kier alpha value is -1.33. The van der Waals surface area contributed by atoms with Crippen molar-refractivity contribution >= 4 is 0 Å². The SMILES string of the molecule is CCC(C)[C@@H](c1cc(OC)c(OC)cc1F)N1CCNCC1. The topological polar surface area (TPSA) is 33.7 Å². The Morgan fingerprint density at radius 2 is 1.77 bits per heavy atom. The molecule has 0 radical (unpaired) electrons. The molecule has 1 aromatic carbocycles. The van der Waals surface area contributed by atoms with Crippen LogP contribution in [-0.2, 0) is 0 Å². The molecule has 1 N–H and O–H groups in total. The molecule has 2 rings (SSSR count). The molecule has 0 amide bonds. The molecule has 1 aliphatic heterocycles. The molecule has 0 aromatic heterocycles. The van der Waals surface area contributed by atoms with Gasteiger partial charge >= 0.3 is 0 Å². The van der Waals surface area contributed by atoms with Gasteiger partial charge in [0, 0.05) is 43.9 Å². The number of piperazine rings is 1. The van der Waals surface area contributed by atoms with Crippen LogP contribution in [0, 0.1) is 11.7 Å². The van der Waals surface area contributed by atoms with Gasteiger partial charge in [0.25, 0.3) is 0 Å². The molecule has 0 saturated carbocycles. The number of halogens is 1. The lowest BCUT2D eigenvalue weighted by atomic mass is 9.90. The zero-order chi connectivity index (χ0) is 16.1. The Morgan fingerprint density at radius 3 is 2.32 bits per heavy atom. The number of ether oxygens (including phenoxy) is 2. The zero-order valence-electron chi connectivity index (χ0n) is 14.0. The van der Waals surface area contributed by atoms with E-state index in [0.717, 1.165) is 32.6 Å². The fourth-order valence-electron chi connectivity index (χ4n) is 3.14. The third-order valence-corrected chi connectivity index (χ3v) is 4.55. The number of nitrogens with one attached hydrogen (secondary N) is 1.